The molecule has 0 aliphatic rings. The summed E-state index contributed by atoms with van der Waals surface area (Å²) in [5.41, 5.74) is 0. The molecule has 0 aliphatic carbocycles. The molecule has 2 N–H and O–H groups in total. The number of thiophene rings is 1. The molecular weight excluding hydrogens is 230 g/mol. The van der Waals surface area contributed by atoms with Crippen molar-refractivity contribution in [1.29, 1.82) is 5.26 Å². The third-order valence-corrected chi connectivity index (χ3v) is 2.99. The molecule has 0 saturated carbocycles. The number of aliphatic hydroxyl groups is 1. The number of nitriles is 1. The summed E-state index contributed by atoms with van der Waals surface area (Å²) in [6.07, 6.45) is 0.547. The van der Waals surface area contributed by atoms with Crippen molar-refractivity contribution in [2.24, 2.45) is 0 Å². The summed E-state index contributed by atoms with van der Waals surface area (Å²) in [4.78, 5) is 10.6. The number of nitro groups is 1. The SMILES string of the molecule is N#CC(NCCCO)c1ccc([N+](=O)[O-])s1. The van der Waals surface area contributed by atoms with E-state index >= 15 is 0 Å². The lowest BCUT2D eigenvalue weighted by Gasteiger charge is -2.07. The predicted molar refractivity (Wildman–Crippen MR) is 59.0 cm³/mol. The summed E-state index contributed by atoms with van der Waals surface area (Å²) in [5, 5.41) is 30.9. The van der Waals surface area contributed by atoms with Gasteiger partial charge in [-0.3, -0.25) is 15.4 Å². The van der Waals surface area contributed by atoms with Crippen molar-refractivity contribution in [3.05, 3.63) is 27.1 Å². The molecule has 1 unspecified atom stereocenters. The lowest BCUT2D eigenvalue weighted by Crippen LogP contribution is -2.20. The van der Waals surface area contributed by atoms with Crippen LogP contribution in [0, 0.1) is 21.4 Å². The average molecular weight is 241 g/mol. The van der Waals surface area contributed by atoms with Crippen molar-refractivity contribution in [3.8, 4) is 6.07 Å². The van der Waals surface area contributed by atoms with E-state index in [-0.39, 0.29) is 11.6 Å². The quantitative estimate of drug-likeness (QED) is 0.443. The number of hydrogen-bond donors (Lipinski definition) is 2. The molecule has 0 amide bonds. The Labute approximate surface area is 96.3 Å². The maximum atomic E-state index is 10.5. The van der Waals surface area contributed by atoms with Crippen molar-refractivity contribution in [3.63, 3.8) is 0 Å². The van der Waals surface area contributed by atoms with Crippen LogP contribution in [0.25, 0.3) is 0 Å². The molecule has 0 saturated heterocycles. The average Bonchev–Trinajstić information content (AvgIpc) is 2.74. The largest absolute Gasteiger partial charge is 0.396 e. The molecule has 1 rings (SSSR count). The van der Waals surface area contributed by atoms with Crippen LogP contribution in [0.4, 0.5) is 5.00 Å². The number of rotatable bonds is 6. The highest BCUT2D eigenvalue weighted by Gasteiger charge is 2.16. The van der Waals surface area contributed by atoms with Crippen LogP contribution in [0.5, 0.6) is 0 Å². The van der Waals surface area contributed by atoms with E-state index in [2.05, 4.69) is 5.32 Å². The molecule has 0 aliphatic heterocycles. The normalized spacial score (nSPS) is 12.0. The Kier molecular flexibility index (Phi) is 4.85. The van der Waals surface area contributed by atoms with Crippen LogP contribution in [0.2, 0.25) is 0 Å². The van der Waals surface area contributed by atoms with Gasteiger partial charge in [-0.05, 0) is 19.0 Å². The minimum absolute atomic E-state index is 0.0270. The van der Waals surface area contributed by atoms with Gasteiger partial charge in [-0.2, -0.15) is 5.26 Å². The summed E-state index contributed by atoms with van der Waals surface area (Å²) >= 11 is 0.985. The van der Waals surface area contributed by atoms with E-state index in [1.807, 2.05) is 6.07 Å². The van der Waals surface area contributed by atoms with Crippen LogP contribution >= 0.6 is 11.3 Å². The van der Waals surface area contributed by atoms with E-state index in [1.165, 1.54) is 6.07 Å². The Hall–Kier alpha value is -1.49. The molecule has 1 aromatic rings. The molecule has 1 aromatic heterocycles. The first-order valence-electron chi connectivity index (χ1n) is 4.67. The van der Waals surface area contributed by atoms with Crippen molar-refractivity contribution < 1.29 is 10.0 Å². The van der Waals surface area contributed by atoms with Crippen LogP contribution in [0.3, 0.4) is 0 Å². The van der Waals surface area contributed by atoms with Crippen molar-refractivity contribution in [2.45, 2.75) is 12.5 Å². The smallest absolute Gasteiger partial charge is 0.324 e. The Morgan fingerprint density at radius 2 is 2.44 bits per heavy atom. The Bertz CT molecular complexity index is 399. The van der Waals surface area contributed by atoms with E-state index < -0.39 is 11.0 Å². The van der Waals surface area contributed by atoms with E-state index in [1.54, 1.807) is 6.07 Å². The zero-order valence-electron chi connectivity index (χ0n) is 8.42. The predicted octanol–water partition coefficient (Wildman–Crippen LogP) is 1.19. The summed E-state index contributed by atoms with van der Waals surface area (Å²) in [6, 6.07) is 4.43. The molecule has 0 bridgehead atoms. The Morgan fingerprint density at radius 1 is 1.69 bits per heavy atom. The van der Waals surface area contributed by atoms with Crippen LogP contribution in [-0.2, 0) is 0 Å². The van der Waals surface area contributed by atoms with E-state index in [4.69, 9.17) is 10.4 Å². The minimum atomic E-state index is -0.551. The highest BCUT2D eigenvalue weighted by Crippen LogP contribution is 2.28. The molecule has 0 aromatic carbocycles. The van der Waals surface area contributed by atoms with E-state index in [9.17, 15) is 10.1 Å². The minimum Gasteiger partial charge on any atom is -0.396 e. The topological polar surface area (TPSA) is 99.2 Å². The van der Waals surface area contributed by atoms with Crippen LogP contribution in [0.15, 0.2) is 12.1 Å². The van der Waals surface area contributed by atoms with Crippen LogP contribution < -0.4 is 5.32 Å². The van der Waals surface area contributed by atoms with Gasteiger partial charge in [0.2, 0.25) is 0 Å². The second-order valence-corrected chi connectivity index (χ2v) is 4.12. The van der Waals surface area contributed by atoms with Gasteiger partial charge in [0.25, 0.3) is 0 Å². The molecule has 0 radical (unpaired) electrons. The Balaban J connectivity index is 2.65. The molecule has 7 heteroatoms. The fourth-order valence-corrected chi connectivity index (χ4v) is 1.97. The summed E-state index contributed by atoms with van der Waals surface area (Å²) in [7, 11) is 0. The third kappa shape index (κ3) is 3.27. The zero-order valence-corrected chi connectivity index (χ0v) is 9.24. The maximum Gasteiger partial charge on any atom is 0.324 e. The van der Waals surface area contributed by atoms with Gasteiger partial charge in [0.05, 0.1) is 11.0 Å². The molecule has 6 nitrogen and oxygen atoms in total. The summed E-state index contributed by atoms with van der Waals surface area (Å²) < 4.78 is 0. The molecular formula is C9H11N3O3S. The van der Waals surface area contributed by atoms with E-state index in [0.29, 0.717) is 17.8 Å². The summed E-state index contributed by atoms with van der Waals surface area (Å²) in [6.45, 7) is 0.552. The third-order valence-electron chi connectivity index (χ3n) is 1.89. The van der Waals surface area contributed by atoms with Gasteiger partial charge in [-0.1, -0.05) is 11.3 Å². The van der Waals surface area contributed by atoms with Gasteiger partial charge >= 0.3 is 5.00 Å². The summed E-state index contributed by atoms with van der Waals surface area (Å²) in [5.74, 6) is 0. The molecule has 86 valence electrons. The van der Waals surface area contributed by atoms with Gasteiger partial charge in [0, 0.05) is 17.6 Å². The second-order valence-electron chi connectivity index (χ2n) is 3.03. The first kappa shape index (κ1) is 12.6. The van der Waals surface area contributed by atoms with Gasteiger partial charge in [-0.25, -0.2) is 0 Å². The highest BCUT2D eigenvalue weighted by molar-refractivity contribution is 7.15. The van der Waals surface area contributed by atoms with Gasteiger partial charge < -0.3 is 5.11 Å². The van der Waals surface area contributed by atoms with Gasteiger partial charge in [-0.15, -0.1) is 0 Å². The lowest BCUT2D eigenvalue weighted by molar-refractivity contribution is -0.380. The van der Waals surface area contributed by atoms with Gasteiger partial charge in [0.1, 0.15) is 6.04 Å². The molecule has 16 heavy (non-hydrogen) atoms. The molecule has 0 fully saturated rings. The second kappa shape index (κ2) is 6.17. The fourth-order valence-electron chi connectivity index (χ4n) is 1.13. The lowest BCUT2D eigenvalue weighted by atomic mass is 10.2. The zero-order chi connectivity index (χ0) is 12.0. The van der Waals surface area contributed by atoms with Gasteiger partial charge in [0.15, 0.2) is 0 Å². The van der Waals surface area contributed by atoms with E-state index in [0.717, 1.165) is 11.3 Å². The maximum absolute atomic E-state index is 10.5. The fraction of sp³-hybridized carbons (Fsp3) is 0.444. The first-order valence-corrected chi connectivity index (χ1v) is 5.48. The number of nitrogens with one attached hydrogen (secondary N) is 1. The molecule has 0 spiro atoms. The highest BCUT2D eigenvalue weighted by atomic mass is 32.1. The van der Waals surface area contributed by atoms with Crippen molar-refractivity contribution >= 4 is 16.3 Å². The number of aliphatic hydroxyl groups excluding tert-OH is 1. The first-order chi connectivity index (χ1) is 7.69. The monoisotopic (exact) mass is 241 g/mol. The van der Waals surface area contributed by atoms with Crippen molar-refractivity contribution in [2.75, 3.05) is 13.2 Å². The number of nitrogens with zero attached hydrogens (tertiary/aromatic N) is 2. The van der Waals surface area contributed by atoms with Crippen molar-refractivity contribution in [1.82, 2.24) is 5.32 Å². The van der Waals surface area contributed by atoms with Crippen LogP contribution in [-0.4, -0.2) is 23.2 Å². The Morgan fingerprint density at radius 3 is 2.94 bits per heavy atom. The molecule has 1 atom stereocenters. The molecule has 1 heterocycles. The van der Waals surface area contributed by atoms with Crippen LogP contribution in [0.1, 0.15) is 17.3 Å². The number of hydrogen-bond acceptors (Lipinski definition) is 6. The standard InChI is InChI=1S/C9H11N3O3S/c10-6-7(11-4-1-5-13)8-2-3-9(16-8)12(14)15/h2-3,7,11,13H,1,4-5H2.